The second-order valence-electron chi connectivity index (χ2n) is 16.3. The smallest absolute Gasteiger partial charge is 0.267 e. The predicted molar refractivity (Wildman–Crippen MR) is 226 cm³/mol. The fourth-order valence-corrected chi connectivity index (χ4v) is 8.82. The van der Waals surface area contributed by atoms with Crippen molar-refractivity contribution in [1.82, 2.24) is 30.1 Å². The van der Waals surface area contributed by atoms with Crippen LogP contribution in [0, 0.1) is 18.8 Å². The molecule has 3 saturated heterocycles. The number of imide groups is 1. The summed E-state index contributed by atoms with van der Waals surface area (Å²) in [5.41, 5.74) is 7.96. The minimum atomic E-state index is -0.695. The lowest BCUT2D eigenvalue weighted by molar-refractivity contribution is -0.138. The standard InChI is InChI=1S/C46H50N8O5/c1-29-38(27-48-44-42(29)47-18-23-58-44)34-4-5-35-26-49-46(51-39(35)25-34)50-36-8-2-30(3-9-36)24-31-14-19-53(20-15-31)28-32-16-21-54(22-17-32)45(57)33-6-10-37(11-7-33)59-40-12-13-41(55)52-43(40)56/h2-11,25-27,31-32,40,47H,12-24,28H2,1H3,(H,49,50,51)(H,52,55,56). The van der Waals surface area contributed by atoms with Crippen molar-refractivity contribution in [2.45, 2.75) is 58.0 Å². The molecule has 2 aromatic heterocycles. The molecule has 59 heavy (non-hydrogen) atoms. The maximum absolute atomic E-state index is 13.3. The van der Waals surface area contributed by atoms with Crippen molar-refractivity contribution in [2.75, 3.05) is 56.5 Å². The Morgan fingerprint density at radius 1 is 0.898 bits per heavy atom. The summed E-state index contributed by atoms with van der Waals surface area (Å²) in [6.45, 7) is 8.33. The average molecular weight is 795 g/mol. The molecule has 0 spiro atoms. The summed E-state index contributed by atoms with van der Waals surface area (Å²) in [4.78, 5) is 55.3. The van der Waals surface area contributed by atoms with Gasteiger partial charge >= 0.3 is 0 Å². The molecule has 13 heteroatoms. The van der Waals surface area contributed by atoms with Gasteiger partial charge in [-0.2, -0.15) is 0 Å². The zero-order valence-electron chi connectivity index (χ0n) is 33.4. The summed E-state index contributed by atoms with van der Waals surface area (Å²) in [5, 5.41) is 10.1. The van der Waals surface area contributed by atoms with Gasteiger partial charge in [-0.25, -0.2) is 15.0 Å². The maximum Gasteiger partial charge on any atom is 0.267 e. The van der Waals surface area contributed by atoms with Gasteiger partial charge in [0.25, 0.3) is 11.8 Å². The van der Waals surface area contributed by atoms with Crippen LogP contribution in [-0.4, -0.2) is 94.5 Å². The lowest BCUT2D eigenvalue weighted by Gasteiger charge is -2.37. The first-order valence-corrected chi connectivity index (χ1v) is 20.9. The number of nitrogens with one attached hydrogen (secondary N) is 3. The number of hydrogen-bond acceptors (Lipinski definition) is 11. The van der Waals surface area contributed by atoms with E-state index in [2.05, 4.69) is 80.2 Å². The number of piperidine rings is 3. The summed E-state index contributed by atoms with van der Waals surface area (Å²) >= 11 is 0. The molecule has 1 unspecified atom stereocenters. The highest BCUT2D eigenvalue weighted by atomic mass is 16.5. The zero-order chi connectivity index (χ0) is 40.3. The summed E-state index contributed by atoms with van der Waals surface area (Å²) < 4.78 is 11.5. The maximum atomic E-state index is 13.3. The number of carbonyl (C=O) groups is 3. The predicted octanol–water partition coefficient (Wildman–Crippen LogP) is 6.54. The fraction of sp³-hybridized carbons (Fsp3) is 0.391. The van der Waals surface area contributed by atoms with Gasteiger partial charge in [0.05, 0.1) is 5.52 Å². The molecule has 0 aliphatic carbocycles. The number of anilines is 3. The molecule has 9 rings (SSSR count). The third kappa shape index (κ3) is 8.85. The Labute approximate surface area is 343 Å². The van der Waals surface area contributed by atoms with Crippen LogP contribution >= 0.6 is 0 Å². The topological polar surface area (TPSA) is 151 Å². The first kappa shape index (κ1) is 38.4. The molecular formula is C46H50N8O5. The Bertz CT molecular complexity index is 2340. The second-order valence-corrected chi connectivity index (χ2v) is 16.3. The number of rotatable bonds is 10. The number of hydrogen-bond donors (Lipinski definition) is 3. The van der Waals surface area contributed by atoms with Crippen LogP contribution in [0.5, 0.6) is 11.6 Å². The van der Waals surface area contributed by atoms with Crippen molar-refractivity contribution in [2.24, 2.45) is 11.8 Å². The molecule has 13 nitrogen and oxygen atoms in total. The lowest BCUT2D eigenvalue weighted by Crippen LogP contribution is -2.46. The Hall–Kier alpha value is -6.08. The third-order valence-corrected chi connectivity index (χ3v) is 12.3. The first-order chi connectivity index (χ1) is 28.8. The van der Waals surface area contributed by atoms with Gasteiger partial charge in [-0.1, -0.05) is 24.3 Å². The Kier molecular flexibility index (Phi) is 11.1. The van der Waals surface area contributed by atoms with Crippen LogP contribution in [0.1, 0.15) is 60.0 Å². The summed E-state index contributed by atoms with van der Waals surface area (Å²) in [5.74, 6) is 2.33. The van der Waals surface area contributed by atoms with Crippen molar-refractivity contribution in [3.05, 3.63) is 95.8 Å². The van der Waals surface area contributed by atoms with E-state index in [4.69, 9.17) is 14.5 Å². The van der Waals surface area contributed by atoms with Gasteiger partial charge in [0.1, 0.15) is 18.0 Å². The largest absolute Gasteiger partial charge is 0.481 e. The highest BCUT2D eigenvalue weighted by molar-refractivity contribution is 6.00. The SMILES string of the molecule is Cc1c(-c2ccc3cnc(Nc4ccc(CC5CCN(CC6CCN(C(=O)c7ccc(OC8CCC(=O)NC8=O)cc7)CC6)CC5)cc4)nc3c2)cnc2c1NCCO2. The van der Waals surface area contributed by atoms with Crippen molar-refractivity contribution in [3.8, 4) is 22.8 Å². The van der Waals surface area contributed by atoms with Gasteiger partial charge in [0, 0.05) is 73.6 Å². The van der Waals surface area contributed by atoms with E-state index in [1.54, 1.807) is 24.3 Å². The van der Waals surface area contributed by atoms with Crippen LogP contribution in [0.25, 0.3) is 22.0 Å². The molecule has 0 radical (unpaired) electrons. The highest BCUT2D eigenvalue weighted by Crippen LogP contribution is 2.36. The lowest BCUT2D eigenvalue weighted by atomic mass is 9.89. The number of fused-ring (bicyclic) bond motifs is 2. The molecule has 304 valence electrons. The van der Waals surface area contributed by atoms with Crippen molar-refractivity contribution < 1.29 is 23.9 Å². The monoisotopic (exact) mass is 794 g/mol. The average Bonchev–Trinajstić information content (AvgIpc) is 3.26. The van der Waals surface area contributed by atoms with Crippen LogP contribution < -0.4 is 25.4 Å². The van der Waals surface area contributed by atoms with E-state index >= 15 is 0 Å². The summed E-state index contributed by atoms with van der Waals surface area (Å²) in [7, 11) is 0. The summed E-state index contributed by atoms with van der Waals surface area (Å²) in [6, 6.07) is 21.9. The van der Waals surface area contributed by atoms with E-state index in [1.807, 2.05) is 17.3 Å². The Balaban J connectivity index is 0.712. The number of aromatic nitrogens is 3. The van der Waals surface area contributed by atoms with Gasteiger partial charge < -0.3 is 29.9 Å². The second kappa shape index (κ2) is 17.0. The van der Waals surface area contributed by atoms with Gasteiger partial charge in [-0.05, 0) is 123 Å². The van der Waals surface area contributed by atoms with E-state index < -0.39 is 12.0 Å². The van der Waals surface area contributed by atoms with Crippen LogP contribution in [0.4, 0.5) is 17.3 Å². The van der Waals surface area contributed by atoms with Crippen molar-refractivity contribution in [3.63, 3.8) is 0 Å². The van der Waals surface area contributed by atoms with E-state index in [9.17, 15) is 14.4 Å². The van der Waals surface area contributed by atoms with Gasteiger partial charge in [0.15, 0.2) is 6.10 Å². The molecule has 0 saturated carbocycles. The third-order valence-electron chi connectivity index (χ3n) is 12.3. The van der Waals surface area contributed by atoms with Crippen LogP contribution in [0.15, 0.2) is 79.1 Å². The first-order valence-electron chi connectivity index (χ1n) is 20.9. The minimum Gasteiger partial charge on any atom is -0.481 e. The van der Waals surface area contributed by atoms with E-state index in [0.717, 1.165) is 97.5 Å². The molecular weight excluding hydrogens is 745 g/mol. The van der Waals surface area contributed by atoms with Crippen LogP contribution in [0.3, 0.4) is 0 Å². The molecule has 1 atom stereocenters. The quantitative estimate of drug-likeness (QED) is 0.132. The molecule has 0 bridgehead atoms. The normalized spacial score (nSPS) is 19.1. The summed E-state index contributed by atoms with van der Waals surface area (Å²) in [6.07, 6.45) is 9.13. The number of carbonyl (C=O) groups excluding carboxylic acids is 3. The minimum absolute atomic E-state index is 0.0285. The molecule has 3 amide bonds. The van der Waals surface area contributed by atoms with Crippen molar-refractivity contribution >= 4 is 45.9 Å². The van der Waals surface area contributed by atoms with E-state index in [0.29, 0.717) is 48.0 Å². The van der Waals surface area contributed by atoms with Gasteiger partial charge in [0.2, 0.25) is 17.7 Å². The number of amides is 3. The van der Waals surface area contributed by atoms with Crippen LogP contribution in [0.2, 0.25) is 0 Å². The molecule has 4 aliphatic heterocycles. The molecule has 3 N–H and O–H groups in total. The fourth-order valence-electron chi connectivity index (χ4n) is 8.82. The van der Waals surface area contributed by atoms with E-state index in [1.165, 1.54) is 18.4 Å². The highest BCUT2D eigenvalue weighted by Gasteiger charge is 2.30. The molecule has 4 aliphatic rings. The number of ether oxygens (including phenoxy) is 2. The number of pyridine rings is 1. The zero-order valence-corrected chi connectivity index (χ0v) is 33.4. The molecule has 5 aromatic rings. The van der Waals surface area contributed by atoms with Gasteiger partial charge in [-0.15, -0.1) is 0 Å². The van der Waals surface area contributed by atoms with Gasteiger partial charge in [-0.3, -0.25) is 19.7 Å². The molecule has 3 aromatic carbocycles. The Morgan fingerprint density at radius 2 is 1.68 bits per heavy atom. The van der Waals surface area contributed by atoms with Crippen LogP contribution in [-0.2, 0) is 16.0 Å². The number of nitrogens with zero attached hydrogens (tertiary/aromatic N) is 5. The number of likely N-dealkylation sites (tertiary alicyclic amines) is 2. The molecule has 6 heterocycles. The number of benzene rings is 3. The molecule has 3 fully saturated rings. The van der Waals surface area contributed by atoms with Crippen molar-refractivity contribution in [1.29, 1.82) is 0 Å². The Morgan fingerprint density at radius 3 is 2.46 bits per heavy atom. The van der Waals surface area contributed by atoms with E-state index in [-0.39, 0.29) is 18.2 Å².